The van der Waals surface area contributed by atoms with Gasteiger partial charge in [-0.1, -0.05) is 60.2 Å². The number of Topliss-reactive ketones (excluding diaryl/α,β-unsaturated/α-hetero) is 1. The minimum Gasteiger partial charge on any atom is -0.503 e. The quantitative estimate of drug-likeness (QED) is 0.370. The van der Waals surface area contributed by atoms with Crippen molar-refractivity contribution >= 4 is 49.7 Å². The van der Waals surface area contributed by atoms with Crippen molar-refractivity contribution in [2.24, 2.45) is 0 Å². The zero-order valence-electron chi connectivity index (χ0n) is 17.5. The molecule has 0 aliphatic carbocycles. The Balaban J connectivity index is 1.67. The molecule has 0 bridgehead atoms. The van der Waals surface area contributed by atoms with Crippen LogP contribution in [0.1, 0.15) is 39.3 Å². The molecule has 0 spiro atoms. The average Bonchev–Trinajstić information content (AvgIpc) is 3.52. The van der Waals surface area contributed by atoms with E-state index in [1.807, 2.05) is 43.3 Å². The third-order valence-corrected chi connectivity index (χ3v) is 7.53. The highest BCUT2D eigenvalue weighted by molar-refractivity contribution is 7.22. The summed E-state index contributed by atoms with van der Waals surface area (Å²) in [6.07, 6.45) is 0.902. The summed E-state index contributed by atoms with van der Waals surface area (Å²) < 4.78 is 0.965. The highest BCUT2D eigenvalue weighted by Crippen LogP contribution is 2.44. The van der Waals surface area contributed by atoms with E-state index in [1.54, 1.807) is 17.5 Å². The van der Waals surface area contributed by atoms with Gasteiger partial charge < -0.3 is 5.11 Å². The molecule has 0 radical (unpaired) electrons. The van der Waals surface area contributed by atoms with Crippen LogP contribution in [0, 0.1) is 6.92 Å². The lowest BCUT2D eigenvalue weighted by atomic mass is 9.95. The van der Waals surface area contributed by atoms with E-state index in [0.29, 0.717) is 10.0 Å². The number of fused-ring (bicyclic) bond motifs is 1. The second-order valence-electron chi connectivity index (χ2n) is 7.71. The van der Waals surface area contributed by atoms with Crippen LogP contribution in [-0.4, -0.2) is 21.8 Å². The van der Waals surface area contributed by atoms with Gasteiger partial charge in [-0.3, -0.25) is 14.5 Å². The second kappa shape index (κ2) is 8.00. The molecule has 1 aliphatic rings. The van der Waals surface area contributed by atoms with Crippen molar-refractivity contribution in [2.45, 2.75) is 26.3 Å². The van der Waals surface area contributed by atoms with Crippen LogP contribution in [-0.2, 0) is 11.2 Å². The molecule has 0 unspecified atom stereocenters. The monoisotopic (exact) mass is 460 g/mol. The van der Waals surface area contributed by atoms with Crippen molar-refractivity contribution in [1.82, 2.24) is 4.98 Å². The Morgan fingerprint density at radius 1 is 1.16 bits per heavy atom. The number of aliphatic hydroxyl groups is 1. The van der Waals surface area contributed by atoms with Gasteiger partial charge in [0.2, 0.25) is 5.78 Å². The van der Waals surface area contributed by atoms with E-state index in [0.717, 1.165) is 27.8 Å². The molecule has 1 amide bonds. The third kappa shape index (κ3) is 3.34. The van der Waals surface area contributed by atoms with Crippen LogP contribution in [0.3, 0.4) is 0 Å². The molecule has 2 aromatic heterocycles. The van der Waals surface area contributed by atoms with Gasteiger partial charge in [0.15, 0.2) is 10.9 Å². The average molecular weight is 461 g/mol. The molecule has 0 saturated heterocycles. The van der Waals surface area contributed by atoms with Crippen LogP contribution >= 0.6 is 22.7 Å². The largest absolute Gasteiger partial charge is 0.503 e. The zero-order valence-corrected chi connectivity index (χ0v) is 19.2. The molecule has 7 heteroatoms. The summed E-state index contributed by atoms with van der Waals surface area (Å²) in [5, 5.41) is 13.1. The highest BCUT2D eigenvalue weighted by atomic mass is 32.1. The first kappa shape index (κ1) is 20.6. The minimum absolute atomic E-state index is 0.0924. The van der Waals surface area contributed by atoms with Gasteiger partial charge in [0.1, 0.15) is 0 Å². The molecule has 5 nitrogen and oxygen atoms in total. The first-order valence-electron chi connectivity index (χ1n) is 10.3. The van der Waals surface area contributed by atoms with Crippen LogP contribution < -0.4 is 4.90 Å². The van der Waals surface area contributed by atoms with E-state index < -0.39 is 17.7 Å². The third-order valence-electron chi connectivity index (χ3n) is 5.65. The Morgan fingerprint density at radius 3 is 2.62 bits per heavy atom. The summed E-state index contributed by atoms with van der Waals surface area (Å²) in [7, 11) is 0. The van der Waals surface area contributed by atoms with Gasteiger partial charge in [-0.25, -0.2) is 4.98 Å². The maximum absolute atomic E-state index is 13.3. The number of aliphatic hydroxyl groups excluding tert-OH is 1. The molecular weight excluding hydrogens is 440 g/mol. The summed E-state index contributed by atoms with van der Waals surface area (Å²) in [6.45, 7) is 4.07. The van der Waals surface area contributed by atoms with Crippen LogP contribution in [0.4, 0.5) is 5.13 Å². The smallest absolute Gasteiger partial charge is 0.296 e. The fourth-order valence-corrected chi connectivity index (χ4v) is 5.65. The van der Waals surface area contributed by atoms with E-state index in [1.165, 1.54) is 33.1 Å². The lowest BCUT2D eigenvalue weighted by Crippen LogP contribution is -2.30. The molecule has 1 atom stereocenters. The van der Waals surface area contributed by atoms with Crippen LogP contribution in [0.25, 0.3) is 10.2 Å². The van der Waals surface area contributed by atoms with Gasteiger partial charge in [0.05, 0.1) is 26.7 Å². The predicted molar refractivity (Wildman–Crippen MR) is 129 cm³/mol. The number of carbonyl (C=O) groups is 2. The van der Waals surface area contributed by atoms with Crippen molar-refractivity contribution in [3.63, 3.8) is 0 Å². The van der Waals surface area contributed by atoms with Gasteiger partial charge in [-0.05, 0) is 48.1 Å². The first-order valence-corrected chi connectivity index (χ1v) is 12.0. The Labute approximate surface area is 193 Å². The molecule has 1 N–H and O–H groups in total. The number of aryl methyl sites for hydroxylation is 2. The Bertz CT molecular complexity index is 1370. The summed E-state index contributed by atoms with van der Waals surface area (Å²) in [5.74, 6) is -1.46. The van der Waals surface area contributed by atoms with E-state index in [-0.39, 0.29) is 11.4 Å². The number of ketones is 1. The Hall–Kier alpha value is -3.29. The molecule has 32 heavy (non-hydrogen) atoms. The van der Waals surface area contributed by atoms with Crippen molar-refractivity contribution in [1.29, 1.82) is 0 Å². The topological polar surface area (TPSA) is 70.5 Å². The number of nitrogens with zero attached hydrogens (tertiary/aromatic N) is 2. The molecule has 0 fully saturated rings. The SMILES string of the molecule is CCc1ccc2nc(N3C(=O)C(O)=C(C(=O)c4cccs4)[C@H]3c3ccc(C)cc3)sc2c1. The zero-order chi connectivity index (χ0) is 22.4. The fourth-order valence-electron chi connectivity index (χ4n) is 3.92. The highest BCUT2D eigenvalue weighted by Gasteiger charge is 2.46. The molecule has 0 saturated carbocycles. The maximum Gasteiger partial charge on any atom is 0.296 e. The number of anilines is 1. The Morgan fingerprint density at radius 2 is 1.94 bits per heavy atom. The standard InChI is InChI=1S/C25H20N2O3S2/c1-3-15-8-11-17-19(13-15)32-25(26-17)27-21(16-9-6-14(2)7-10-16)20(23(29)24(27)30)22(28)18-5-4-12-31-18/h4-13,21,29H,3H2,1-2H3/t21-/m1/s1. The normalized spacial score (nSPS) is 16.4. The van der Waals surface area contributed by atoms with E-state index in [9.17, 15) is 14.7 Å². The molecule has 3 heterocycles. The molecular formula is C25H20N2O3S2. The number of benzene rings is 2. The van der Waals surface area contributed by atoms with Crippen LogP contribution in [0.5, 0.6) is 0 Å². The molecule has 4 aromatic rings. The first-order chi connectivity index (χ1) is 15.5. The van der Waals surface area contributed by atoms with Gasteiger partial charge in [-0.2, -0.15) is 0 Å². The van der Waals surface area contributed by atoms with Gasteiger partial charge in [0, 0.05) is 0 Å². The van der Waals surface area contributed by atoms with E-state index in [2.05, 4.69) is 18.0 Å². The molecule has 5 rings (SSSR count). The predicted octanol–water partition coefficient (Wildman–Crippen LogP) is 6.01. The van der Waals surface area contributed by atoms with Crippen molar-refractivity contribution in [3.05, 3.63) is 92.9 Å². The van der Waals surface area contributed by atoms with Crippen LogP contribution in [0.15, 0.2) is 71.3 Å². The van der Waals surface area contributed by atoms with Crippen LogP contribution in [0.2, 0.25) is 0 Å². The fraction of sp³-hybridized carbons (Fsp3) is 0.160. The minimum atomic E-state index is -0.746. The molecule has 2 aromatic carbocycles. The molecule has 1 aliphatic heterocycles. The van der Waals surface area contributed by atoms with Crippen molar-refractivity contribution < 1.29 is 14.7 Å². The number of hydrogen-bond donors (Lipinski definition) is 1. The Kier molecular flexibility index (Phi) is 5.15. The van der Waals surface area contributed by atoms with E-state index >= 15 is 0 Å². The summed E-state index contributed by atoms with van der Waals surface area (Å²) in [5.41, 5.74) is 3.88. The van der Waals surface area contributed by atoms with Crippen molar-refractivity contribution in [2.75, 3.05) is 4.90 Å². The number of hydrogen-bond acceptors (Lipinski definition) is 6. The van der Waals surface area contributed by atoms with Gasteiger partial charge in [0.25, 0.3) is 5.91 Å². The van der Waals surface area contributed by atoms with E-state index in [4.69, 9.17) is 0 Å². The number of amides is 1. The van der Waals surface area contributed by atoms with Gasteiger partial charge >= 0.3 is 0 Å². The number of carbonyl (C=O) groups excluding carboxylic acids is 2. The van der Waals surface area contributed by atoms with Crippen molar-refractivity contribution in [3.8, 4) is 0 Å². The maximum atomic E-state index is 13.3. The second-order valence-corrected chi connectivity index (χ2v) is 9.67. The summed E-state index contributed by atoms with van der Waals surface area (Å²) in [6, 6.07) is 16.4. The molecule has 160 valence electrons. The number of aromatic nitrogens is 1. The number of rotatable bonds is 5. The summed E-state index contributed by atoms with van der Waals surface area (Å²) >= 11 is 2.68. The number of thiazole rings is 1. The number of thiophene rings is 1. The lowest BCUT2D eigenvalue weighted by Gasteiger charge is -2.24. The summed E-state index contributed by atoms with van der Waals surface area (Å²) in [4.78, 5) is 33.2. The lowest BCUT2D eigenvalue weighted by molar-refractivity contribution is -0.117. The van der Waals surface area contributed by atoms with Gasteiger partial charge in [-0.15, -0.1) is 11.3 Å².